The molecule has 0 saturated carbocycles. The average molecular weight is 290 g/mol. The van der Waals surface area contributed by atoms with Crippen molar-refractivity contribution < 1.29 is 0 Å². The fourth-order valence-electron chi connectivity index (χ4n) is 2.26. The summed E-state index contributed by atoms with van der Waals surface area (Å²) >= 11 is 6.31. The first-order valence-corrected chi connectivity index (χ1v) is 6.56. The lowest BCUT2D eigenvalue weighted by atomic mass is 10.1. The molecule has 5 heteroatoms. The Morgan fingerprint density at radius 2 is 2.22 bits per heavy atom. The standard InChI is InChI=1S/C13H20ClN3.ClH/c1-9(2)8-17(3)13-11(14)6-10-7-15-5-4-12(10)16-13;/h6,9,15H,4-5,7-8H2,1-3H3;1H. The number of anilines is 1. The molecule has 0 aliphatic carbocycles. The third-order valence-corrected chi connectivity index (χ3v) is 3.26. The molecule has 0 saturated heterocycles. The molecule has 1 aliphatic heterocycles. The Labute approximate surface area is 120 Å². The highest BCUT2D eigenvalue weighted by molar-refractivity contribution is 6.33. The van der Waals surface area contributed by atoms with E-state index in [4.69, 9.17) is 16.6 Å². The predicted octanol–water partition coefficient (Wildman–Crippen LogP) is 2.89. The molecule has 0 amide bonds. The van der Waals surface area contributed by atoms with Crippen molar-refractivity contribution in [1.82, 2.24) is 10.3 Å². The van der Waals surface area contributed by atoms with Crippen LogP contribution in [-0.4, -0.2) is 25.1 Å². The maximum absolute atomic E-state index is 6.31. The van der Waals surface area contributed by atoms with Gasteiger partial charge in [-0.25, -0.2) is 4.98 Å². The second kappa shape index (κ2) is 6.60. The van der Waals surface area contributed by atoms with Crippen LogP contribution in [0.4, 0.5) is 5.82 Å². The Hall–Kier alpha value is -0.510. The lowest BCUT2D eigenvalue weighted by Crippen LogP contribution is -2.28. The summed E-state index contributed by atoms with van der Waals surface area (Å²) < 4.78 is 0. The number of nitrogens with one attached hydrogen (secondary N) is 1. The summed E-state index contributed by atoms with van der Waals surface area (Å²) in [7, 11) is 2.06. The van der Waals surface area contributed by atoms with Gasteiger partial charge in [0.15, 0.2) is 0 Å². The van der Waals surface area contributed by atoms with Crippen LogP contribution in [0.2, 0.25) is 5.02 Å². The SMILES string of the molecule is CC(C)CN(C)c1nc2c(cc1Cl)CNCC2.Cl. The highest BCUT2D eigenvalue weighted by atomic mass is 35.5. The molecule has 18 heavy (non-hydrogen) atoms. The van der Waals surface area contributed by atoms with Gasteiger partial charge in [-0.2, -0.15) is 0 Å². The Morgan fingerprint density at radius 1 is 1.50 bits per heavy atom. The highest BCUT2D eigenvalue weighted by Gasteiger charge is 2.16. The minimum atomic E-state index is 0. The van der Waals surface area contributed by atoms with Gasteiger partial charge in [0.2, 0.25) is 0 Å². The zero-order valence-electron chi connectivity index (χ0n) is 11.2. The van der Waals surface area contributed by atoms with Gasteiger partial charge in [-0.3, -0.25) is 0 Å². The van der Waals surface area contributed by atoms with Crippen molar-refractivity contribution in [2.45, 2.75) is 26.8 Å². The van der Waals surface area contributed by atoms with E-state index in [1.165, 1.54) is 11.3 Å². The van der Waals surface area contributed by atoms with E-state index in [1.54, 1.807) is 0 Å². The van der Waals surface area contributed by atoms with Crippen LogP contribution in [0.15, 0.2) is 6.07 Å². The summed E-state index contributed by atoms with van der Waals surface area (Å²) in [6.07, 6.45) is 0.995. The van der Waals surface area contributed by atoms with Crippen LogP contribution >= 0.6 is 24.0 Å². The van der Waals surface area contributed by atoms with E-state index >= 15 is 0 Å². The number of nitrogens with zero attached hydrogens (tertiary/aromatic N) is 2. The third-order valence-electron chi connectivity index (χ3n) is 2.98. The molecule has 1 N–H and O–H groups in total. The van der Waals surface area contributed by atoms with Crippen molar-refractivity contribution >= 4 is 29.8 Å². The second-order valence-electron chi connectivity index (χ2n) is 5.10. The molecule has 102 valence electrons. The fourth-order valence-corrected chi connectivity index (χ4v) is 2.57. The molecule has 0 radical (unpaired) electrons. The van der Waals surface area contributed by atoms with Gasteiger partial charge in [0.1, 0.15) is 5.82 Å². The molecule has 0 bridgehead atoms. The first kappa shape index (κ1) is 15.5. The number of fused-ring (bicyclic) bond motifs is 1. The van der Waals surface area contributed by atoms with Gasteiger partial charge in [-0.15, -0.1) is 12.4 Å². The maximum Gasteiger partial charge on any atom is 0.147 e. The van der Waals surface area contributed by atoms with Gasteiger partial charge in [-0.1, -0.05) is 25.4 Å². The fraction of sp³-hybridized carbons (Fsp3) is 0.615. The quantitative estimate of drug-likeness (QED) is 0.927. The number of aromatic nitrogens is 1. The molecule has 0 atom stereocenters. The number of hydrogen-bond donors (Lipinski definition) is 1. The summed E-state index contributed by atoms with van der Waals surface area (Å²) in [6, 6.07) is 2.06. The lowest BCUT2D eigenvalue weighted by molar-refractivity contribution is 0.618. The van der Waals surface area contributed by atoms with Crippen LogP contribution < -0.4 is 10.2 Å². The third kappa shape index (κ3) is 3.50. The van der Waals surface area contributed by atoms with Gasteiger partial charge >= 0.3 is 0 Å². The molecule has 0 fully saturated rings. The van der Waals surface area contributed by atoms with Gasteiger partial charge in [0.25, 0.3) is 0 Å². The van der Waals surface area contributed by atoms with Crippen molar-refractivity contribution in [2.24, 2.45) is 5.92 Å². The molecule has 1 aromatic heterocycles. The predicted molar refractivity (Wildman–Crippen MR) is 80.0 cm³/mol. The Morgan fingerprint density at radius 3 is 2.89 bits per heavy atom. The van der Waals surface area contributed by atoms with E-state index in [0.717, 1.165) is 36.9 Å². The molecule has 2 heterocycles. The van der Waals surface area contributed by atoms with Gasteiger partial charge in [0.05, 0.1) is 5.02 Å². The average Bonchev–Trinajstić information content (AvgIpc) is 2.27. The van der Waals surface area contributed by atoms with Crippen LogP contribution in [0.5, 0.6) is 0 Å². The zero-order chi connectivity index (χ0) is 12.4. The molecule has 0 aromatic carbocycles. The summed E-state index contributed by atoms with van der Waals surface area (Å²) in [4.78, 5) is 6.87. The molecule has 1 aromatic rings. The molecule has 0 spiro atoms. The van der Waals surface area contributed by atoms with Crippen LogP contribution in [0, 0.1) is 5.92 Å². The summed E-state index contributed by atoms with van der Waals surface area (Å²) in [5.74, 6) is 1.52. The second-order valence-corrected chi connectivity index (χ2v) is 5.51. The van der Waals surface area contributed by atoms with Crippen LogP contribution in [0.3, 0.4) is 0 Å². The smallest absolute Gasteiger partial charge is 0.147 e. The van der Waals surface area contributed by atoms with E-state index in [2.05, 4.69) is 37.2 Å². The summed E-state index contributed by atoms with van der Waals surface area (Å²) in [6.45, 7) is 7.27. The largest absolute Gasteiger partial charge is 0.358 e. The minimum absolute atomic E-state index is 0. The van der Waals surface area contributed by atoms with Crippen LogP contribution in [0.1, 0.15) is 25.1 Å². The first-order chi connectivity index (χ1) is 8.08. The normalized spacial score (nSPS) is 14.1. The first-order valence-electron chi connectivity index (χ1n) is 6.18. The zero-order valence-corrected chi connectivity index (χ0v) is 12.7. The van der Waals surface area contributed by atoms with Crippen molar-refractivity contribution in [3.8, 4) is 0 Å². The molecular weight excluding hydrogens is 269 g/mol. The van der Waals surface area contributed by atoms with E-state index in [9.17, 15) is 0 Å². The monoisotopic (exact) mass is 289 g/mol. The Balaban J connectivity index is 0.00000162. The molecule has 3 nitrogen and oxygen atoms in total. The Kier molecular flexibility index (Phi) is 5.70. The van der Waals surface area contributed by atoms with E-state index in [1.807, 2.05) is 0 Å². The summed E-state index contributed by atoms with van der Waals surface area (Å²) in [5, 5.41) is 4.10. The number of rotatable bonds is 3. The van der Waals surface area contributed by atoms with Gasteiger partial charge in [0, 0.05) is 38.8 Å². The summed E-state index contributed by atoms with van der Waals surface area (Å²) in [5.41, 5.74) is 2.43. The number of halogens is 2. The highest BCUT2D eigenvalue weighted by Crippen LogP contribution is 2.27. The molecule has 2 rings (SSSR count). The molecular formula is C13H21Cl2N3. The van der Waals surface area contributed by atoms with Gasteiger partial charge < -0.3 is 10.2 Å². The van der Waals surface area contributed by atoms with Crippen molar-refractivity contribution in [2.75, 3.05) is 25.0 Å². The number of pyridine rings is 1. The maximum atomic E-state index is 6.31. The van der Waals surface area contributed by atoms with E-state index in [-0.39, 0.29) is 12.4 Å². The lowest BCUT2D eigenvalue weighted by Gasteiger charge is -2.24. The topological polar surface area (TPSA) is 28.2 Å². The van der Waals surface area contributed by atoms with E-state index < -0.39 is 0 Å². The van der Waals surface area contributed by atoms with Gasteiger partial charge in [-0.05, 0) is 17.5 Å². The minimum Gasteiger partial charge on any atom is -0.358 e. The van der Waals surface area contributed by atoms with Crippen molar-refractivity contribution in [3.63, 3.8) is 0 Å². The number of hydrogen-bond acceptors (Lipinski definition) is 3. The van der Waals surface area contributed by atoms with Crippen LogP contribution in [-0.2, 0) is 13.0 Å². The molecule has 0 unspecified atom stereocenters. The molecule has 1 aliphatic rings. The van der Waals surface area contributed by atoms with Crippen molar-refractivity contribution in [1.29, 1.82) is 0 Å². The van der Waals surface area contributed by atoms with E-state index in [0.29, 0.717) is 5.92 Å². The Bertz CT molecular complexity index is 407. The van der Waals surface area contributed by atoms with Crippen LogP contribution in [0.25, 0.3) is 0 Å². The van der Waals surface area contributed by atoms with Crippen molar-refractivity contribution in [3.05, 3.63) is 22.3 Å².